The van der Waals surface area contributed by atoms with Gasteiger partial charge in [0.2, 0.25) is 0 Å². The first-order valence-corrected chi connectivity index (χ1v) is 9.12. The molecule has 0 rings (SSSR count). The molecule has 0 spiro atoms. The molecule has 1 heteroatoms. The summed E-state index contributed by atoms with van der Waals surface area (Å²) in [5.41, 5.74) is 8.41. The van der Waals surface area contributed by atoms with Gasteiger partial charge in [0.05, 0.1) is 0 Å². The Kier molecular flexibility index (Phi) is 12.3. The fraction of sp³-hybridized carbons (Fsp3) is 0.895. The summed E-state index contributed by atoms with van der Waals surface area (Å²) in [6, 6.07) is 0. The molecule has 0 aliphatic carbocycles. The number of rotatable bonds is 13. The van der Waals surface area contributed by atoms with E-state index in [9.17, 15) is 0 Å². The summed E-state index contributed by atoms with van der Waals surface area (Å²) in [6.45, 7) is 9.09. The first kappa shape index (κ1) is 19.7. The summed E-state index contributed by atoms with van der Waals surface area (Å²) < 4.78 is 0. The largest absolute Gasteiger partial charge is 0.322 e. The molecule has 1 nitrogen and oxygen atoms in total. The van der Waals surface area contributed by atoms with Crippen molar-refractivity contribution in [2.24, 2.45) is 5.73 Å². The Hall–Kier alpha value is -0.300. The summed E-state index contributed by atoms with van der Waals surface area (Å²) in [4.78, 5) is 0. The minimum Gasteiger partial charge on any atom is -0.322 e. The van der Waals surface area contributed by atoms with Gasteiger partial charge in [-0.25, -0.2) is 0 Å². The van der Waals surface area contributed by atoms with E-state index in [1.54, 1.807) is 5.57 Å². The van der Waals surface area contributed by atoms with Crippen molar-refractivity contribution in [2.45, 2.75) is 110 Å². The van der Waals surface area contributed by atoms with Gasteiger partial charge in [-0.2, -0.15) is 0 Å². The predicted octanol–water partition coefficient (Wildman–Crippen LogP) is 6.37. The van der Waals surface area contributed by atoms with Crippen LogP contribution >= 0.6 is 0 Å². The Morgan fingerprint density at radius 1 is 0.800 bits per heavy atom. The molecule has 0 aliphatic heterocycles. The van der Waals surface area contributed by atoms with Gasteiger partial charge in [0.25, 0.3) is 0 Å². The smallest absolute Gasteiger partial charge is 0.0368 e. The first-order valence-electron chi connectivity index (χ1n) is 9.12. The molecule has 2 N–H and O–H groups in total. The highest BCUT2D eigenvalue weighted by atomic mass is 14.7. The van der Waals surface area contributed by atoms with Gasteiger partial charge < -0.3 is 5.73 Å². The zero-order chi connectivity index (χ0) is 15.3. The topological polar surface area (TPSA) is 26.0 Å². The standard InChI is InChI=1S/C19H39N/c1-5-9-13-15-18(14-10-6-2)19(20,16-11-7-3)17-12-8-4/h15H,5-14,16-17,20H2,1-4H3. The van der Waals surface area contributed by atoms with Crippen LogP contribution in [0, 0.1) is 0 Å². The lowest BCUT2D eigenvalue weighted by Crippen LogP contribution is -2.42. The van der Waals surface area contributed by atoms with Crippen molar-refractivity contribution in [3.63, 3.8) is 0 Å². The van der Waals surface area contributed by atoms with Gasteiger partial charge in [-0.1, -0.05) is 84.3 Å². The third-order valence-electron chi connectivity index (χ3n) is 4.34. The Bertz CT molecular complexity index is 234. The zero-order valence-corrected chi connectivity index (χ0v) is 14.6. The fourth-order valence-electron chi connectivity index (χ4n) is 2.83. The van der Waals surface area contributed by atoms with Crippen molar-refractivity contribution >= 4 is 0 Å². The molecule has 0 radical (unpaired) electrons. The molecule has 0 saturated heterocycles. The van der Waals surface area contributed by atoms with Crippen molar-refractivity contribution in [3.05, 3.63) is 11.6 Å². The molecule has 0 aromatic heterocycles. The monoisotopic (exact) mass is 281 g/mol. The van der Waals surface area contributed by atoms with Crippen LogP contribution in [0.1, 0.15) is 105 Å². The number of nitrogens with two attached hydrogens (primary N) is 1. The lowest BCUT2D eigenvalue weighted by atomic mass is 9.78. The van der Waals surface area contributed by atoms with Crippen LogP contribution in [0.4, 0.5) is 0 Å². The molecule has 0 aromatic rings. The molecule has 120 valence electrons. The van der Waals surface area contributed by atoms with Crippen LogP contribution in [0.3, 0.4) is 0 Å². The molecule has 20 heavy (non-hydrogen) atoms. The summed E-state index contributed by atoms with van der Waals surface area (Å²) in [5, 5.41) is 0. The van der Waals surface area contributed by atoms with Crippen LogP contribution in [0.2, 0.25) is 0 Å². The number of hydrogen-bond donors (Lipinski definition) is 1. The zero-order valence-electron chi connectivity index (χ0n) is 14.6. The molecular formula is C19H39N. The molecule has 0 heterocycles. The highest BCUT2D eigenvalue weighted by Crippen LogP contribution is 2.31. The summed E-state index contributed by atoms with van der Waals surface area (Å²) >= 11 is 0. The summed E-state index contributed by atoms with van der Waals surface area (Å²) in [5.74, 6) is 0. The predicted molar refractivity (Wildman–Crippen MR) is 93.1 cm³/mol. The molecule has 0 bridgehead atoms. The lowest BCUT2D eigenvalue weighted by Gasteiger charge is -2.33. The average Bonchev–Trinajstić information content (AvgIpc) is 2.46. The van der Waals surface area contributed by atoms with Crippen LogP contribution in [0.25, 0.3) is 0 Å². The first-order chi connectivity index (χ1) is 9.64. The van der Waals surface area contributed by atoms with E-state index in [2.05, 4.69) is 33.8 Å². The highest BCUT2D eigenvalue weighted by molar-refractivity contribution is 5.19. The number of unbranched alkanes of at least 4 members (excludes halogenated alkanes) is 5. The molecule has 0 aliphatic rings. The summed E-state index contributed by atoms with van der Waals surface area (Å²) in [6.07, 6.45) is 17.4. The van der Waals surface area contributed by atoms with E-state index in [4.69, 9.17) is 5.73 Å². The van der Waals surface area contributed by atoms with Crippen LogP contribution in [0.5, 0.6) is 0 Å². The molecule has 0 amide bonds. The van der Waals surface area contributed by atoms with E-state index >= 15 is 0 Å². The molecule has 0 aromatic carbocycles. The van der Waals surface area contributed by atoms with Crippen LogP contribution in [-0.2, 0) is 0 Å². The van der Waals surface area contributed by atoms with Crippen molar-refractivity contribution in [3.8, 4) is 0 Å². The Morgan fingerprint density at radius 2 is 1.30 bits per heavy atom. The van der Waals surface area contributed by atoms with Crippen molar-refractivity contribution in [1.29, 1.82) is 0 Å². The third-order valence-corrected chi connectivity index (χ3v) is 4.34. The van der Waals surface area contributed by atoms with Gasteiger partial charge in [0.15, 0.2) is 0 Å². The molecule has 0 fully saturated rings. The maximum absolute atomic E-state index is 6.87. The van der Waals surface area contributed by atoms with Crippen LogP contribution in [-0.4, -0.2) is 5.54 Å². The van der Waals surface area contributed by atoms with E-state index in [0.717, 1.165) is 0 Å². The minimum absolute atomic E-state index is 0.0189. The average molecular weight is 282 g/mol. The van der Waals surface area contributed by atoms with Crippen LogP contribution < -0.4 is 5.73 Å². The maximum atomic E-state index is 6.87. The quantitative estimate of drug-likeness (QED) is 0.308. The highest BCUT2D eigenvalue weighted by Gasteiger charge is 2.27. The Balaban J connectivity index is 4.88. The Morgan fingerprint density at radius 3 is 1.75 bits per heavy atom. The molecule has 0 atom stereocenters. The normalized spacial score (nSPS) is 12.9. The van der Waals surface area contributed by atoms with Crippen molar-refractivity contribution < 1.29 is 0 Å². The second kappa shape index (κ2) is 12.4. The molecule has 0 saturated carbocycles. The lowest BCUT2D eigenvalue weighted by molar-refractivity contribution is 0.384. The van der Waals surface area contributed by atoms with E-state index in [-0.39, 0.29) is 5.54 Å². The molecular weight excluding hydrogens is 242 g/mol. The maximum Gasteiger partial charge on any atom is 0.0368 e. The van der Waals surface area contributed by atoms with Gasteiger partial charge in [0, 0.05) is 5.54 Å². The van der Waals surface area contributed by atoms with E-state index < -0.39 is 0 Å². The Labute approximate surface area is 128 Å². The van der Waals surface area contributed by atoms with Crippen molar-refractivity contribution in [1.82, 2.24) is 0 Å². The summed E-state index contributed by atoms with van der Waals surface area (Å²) in [7, 11) is 0. The van der Waals surface area contributed by atoms with E-state index in [1.807, 2.05) is 0 Å². The number of hydrogen-bond acceptors (Lipinski definition) is 1. The fourth-order valence-corrected chi connectivity index (χ4v) is 2.83. The van der Waals surface area contributed by atoms with E-state index in [0.29, 0.717) is 0 Å². The SMILES string of the molecule is CCCCC=C(CCCC)C(N)(CCCC)CCCC. The second-order valence-corrected chi connectivity index (χ2v) is 6.34. The van der Waals surface area contributed by atoms with Crippen molar-refractivity contribution in [2.75, 3.05) is 0 Å². The van der Waals surface area contributed by atoms with Gasteiger partial charge >= 0.3 is 0 Å². The van der Waals surface area contributed by atoms with E-state index in [1.165, 1.54) is 77.0 Å². The third kappa shape index (κ3) is 8.09. The minimum atomic E-state index is -0.0189. The van der Waals surface area contributed by atoms with Gasteiger partial charge in [0.1, 0.15) is 0 Å². The molecule has 0 unspecified atom stereocenters. The van der Waals surface area contributed by atoms with Crippen LogP contribution in [0.15, 0.2) is 11.6 Å². The van der Waals surface area contributed by atoms with Gasteiger partial charge in [-0.3, -0.25) is 0 Å². The van der Waals surface area contributed by atoms with Gasteiger partial charge in [-0.15, -0.1) is 0 Å². The second-order valence-electron chi connectivity index (χ2n) is 6.34. The number of allylic oxidation sites excluding steroid dienone is 1. The van der Waals surface area contributed by atoms with Gasteiger partial charge in [-0.05, 0) is 32.1 Å².